The Hall–Kier alpha value is -2.51. The van der Waals surface area contributed by atoms with Crippen LogP contribution in [0.1, 0.15) is 5.76 Å². The number of fused-ring (bicyclic) bond motifs is 1. The first-order valence-electron chi connectivity index (χ1n) is 6.81. The van der Waals surface area contributed by atoms with Gasteiger partial charge in [0.05, 0.1) is 48.9 Å². The Morgan fingerprint density at radius 3 is 3.14 bits per heavy atom. The fourth-order valence-electron chi connectivity index (χ4n) is 2.11. The lowest BCUT2D eigenvalue weighted by atomic mass is 10.3. The number of hydrogen-bond donors (Lipinski definition) is 1. The largest absolute Gasteiger partial charge is 0.467 e. The van der Waals surface area contributed by atoms with Gasteiger partial charge in [-0.2, -0.15) is 0 Å². The maximum absolute atomic E-state index is 12.3. The van der Waals surface area contributed by atoms with E-state index < -0.39 is 6.10 Å². The van der Waals surface area contributed by atoms with Crippen LogP contribution in [0.15, 0.2) is 52.4 Å². The number of pyridine rings is 1. The Labute approximate surface area is 125 Å². The van der Waals surface area contributed by atoms with Gasteiger partial charge in [0, 0.05) is 6.20 Å². The van der Waals surface area contributed by atoms with E-state index in [9.17, 15) is 9.90 Å². The highest BCUT2D eigenvalue weighted by atomic mass is 16.5. The third-order valence-electron chi connectivity index (χ3n) is 3.17. The lowest BCUT2D eigenvalue weighted by Crippen LogP contribution is -2.29. The van der Waals surface area contributed by atoms with Crippen LogP contribution in [-0.4, -0.2) is 32.4 Å². The van der Waals surface area contributed by atoms with Crippen molar-refractivity contribution in [1.82, 2.24) is 14.5 Å². The number of ether oxygens (including phenoxy) is 1. The molecule has 0 fully saturated rings. The van der Waals surface area contributed by atoms with Gasteiger partial charge in [0.15, 0.2) is 0 Å². The number of nitrogens with zero attached hydrogens (tertiary/aromatic N) is 3. The summed E-state index contributed by atoms with van der Waals surface area (Å²) >= 11 is 0. The van der Waals surface area contributed by atoms with Crippen LogP contribution < -0.4 is 5.56 Å². The first kappa shape index (κ1) is 14.4. The minimum Gasteiger partial charge on any atom is -0.467 e. The number of hydrogen-bond acceptors (Lipinski definition) is 6. The third kappa shape index (κ3) is 3.21. The molecule has 0 spiro atoms. The zero-order chi connectivity index (χ0) is 15.4. The Balaban J connectivity index is 1.62. The fraction of sp³-hybridized carbons (Fsp3) is 0.267. The third-order valence-corrected chi connectivity index (χ3v) is 3.17. The van der Waals surface area contributed by atoms with Gasteiger partial charge in [0.25, 0.3) is 5.56 Å². The molecule has 0 radical (unpaired) electrons. The average Bonchev–Trinajstić information content (AvgIpc) is 3.04. The van der Waals surface area contributed by atoms with Crippen LogP contribution in [0.3, 0.4) is 0 Å². The SMILES string of the molecule is O=c1c2ccncc2ncn1C[C@@H](O)COCc1ccco1. The van der Waals surface area contributed by atoms with Crippen LogP contribution >= 0.6 is 0 Å². The molecule has 3 aromatic rings. The summed E-state index contributed by atoms with van der Waals surface area (Å²) in [5.41, 5.74) is 0.324. The molecule has 0 unspecified atom stereocenters. The van der Waals surface area contributed by atoms with Crippen LogP contribution in [0.4, 0.5) is 0 Å². The fourth-order valence-corrected chi connectivity index (χ4v) is 2.11. The molecule has 1 atom stereocenters. The number of aromatic nitrogens is 3. The highest BCUT2D eigenvalue weighted by Crippen LogP contribution is 2.04. The number of rotatable bonds is 6. The predicted octanol–water partition coefficient (Wildman–Crippen LogP) is 0.962. The van der Waals surface area contributed by atoms with Gasteiger partial charge in [-0.3, -0.25) is 14.3 Å². The van der Waals surface area contributed by atoms with E-state index in [1.807, 2.05) is 0 Å². The van der Waals surface area contributed by atoms with Crippen LogP contribution in [0.25, 0.3) is 10.9 Å². The number of aliphatic hydroxyl groups excluding tert-OH is 1. The second kappa shape index (κ2) is 6.50. The molecule has 0 amide bonds. The van der Waals surface area contributed by atoms with Crippen molar-refractivity contribution in [3.8, 4) is 0 Å². The molecule has 3 heterocycles. The second-order valence-electron chi connectivity index (χ2n) is 4.84. The summed E-state index contributed by atoms with van der Waals surface area (Å²) in [6, 6.07) is 5.17. The molecule has 7 heteroatoms. The molecular formula is C15H15N3O4. The smallest absolute Gasteiger partial charge is 0.261 e. The van der Waals surface area contributed by atoms with Crippen LogP contribution in [0.2, 0.25) is 0 Å². The normalized spacial score (nSPS) is 12.6. The lowest BCUT2D eigenvalue weighted by Gasteiger charge is -2.12. The van der Waals surface area contributed by atoms with E-state index in [0.29, 0.717) is 16.7 Å². The molecular weight excluding hydrogens is 286 g/mol. The first-order valence-corrected chi connectivity index (χ1v) is 6.81. The summed E-state index contributed by atoms with van der Waals surface area (Å²) in [5, 5.41) is 10.4. The zero-order valence-corrected chi connectivity index (χ0v) is 11.8. The minimum atomic E-state index is -0.811. The highest BCUT2D eigenvalue weighted by Gasteiger charge is 2.10. The summed E-state index contributed by atoms with van der Waals surface area (Å²) in [6.07, 6.45) is 5.23. The summed E-state index contributed by atoms with van der Waals surface area (Å²) < 4.78 is 11.8. The molecule has 7 nitrogen and oxygen atoms in total. The Kier molecular flexibility index (Phi) is 4.27. The Morgan fingerprint density at radius 1 is 1.41 bits per heavy atom. The van der Waals surface area contributed by atoms with E-state index in [0.717, 1.165) is 0 Å². The van der Waals surface area contributed by atoms with Gasteiger partial charge in [-0.25, -0.2) is 4.98 Å². The highest BCUT2D eigenvalue weighted by molar-refractivity contribution is 5.75. The van der Waals surface area contributed by atoms with E-state index in [4.69, 9.17) is 9.15 Å². The van der Waals surface area contributed by atoms with E-state index in [1.54, 1.807) is 30.7 Å². The van der Waals surface area contributed by atoms with Crippen molar-refractivity contribution >= 4 is 10.9 Å². The maximum Gasteiger partial charge on any atom is 0.261 e. The van der Waals surface area contributed by atoms with Crippen molar-refractivity contribution in [3.05, 3.63) is 59.3 Å². The molecule has 0 aliphatic carbocycles. The van der Waals surface area contributed by atoms with E-state index >= 15 is 0 Å². The molecule has 22 heavy (non-hydrogen) atoms. The van der Waals surface area contributed by atoms with E-state index in [-0.39, 0.29) is 25.3 Å². The molecule has 0 aromatic carbocycles. The van der Waals surface area contributed by atoms with Crippen LogP contribution in [-0.2, 0) is 17.9 Å². The molecule has 3 rings (SSSR count). The Bertz CT molecular complexity index is 798. The van der Waals surface area contributed by atoms with Gasteiger partial charge in [-0.1, -0.05) is 0 Å². The molecule has 1 N–H and O–H groups in total. The number of aliphatic hydroxyl groups is 1. The van der Waals surface area contributed by atoms with Gasteiger partial charge in [-0.15, -0.1) is 0 Å². The average molecular weight is 301 g/mol. The van der Waals surface area contributed by atoms with E-state index in [2.05, 4.69) is 9.97 Å². The lowest BCUT2D eigenvalue weighted by molar-refractivity contribution is 0.0142. The quantitative estimate of drug-likeness (QED) is 0.729. The molecule has 0 aliphatic heterocycles. The summed E-state index contributed by atoms with van der Waals surface area (Å²) in [5.74, 6) is 0.684. The predicted molar refractivity (Wildman–Crippen MR) is 78.2 cm³/mol. The first-order chi connectivity index (χ1) is 10.7. The van der Waals surface area contributed by atoms with Gasteiger partial charge in [-0.05, 0) is 18.2 Å². The summed E-state index contributed by atoms with van der Waals surface area (Å²) in [4.78, 5) is 20.3. The summed E-state index contributed by atoms with van der Waals surface area (Å²) in [7, 11) is 0. The van der Waals surface area contributed by atoms with Crippen molar-refractivity contribution in [2.24, 2.45) is 0 Å². The molecule has 114 valence electrons. The molecule has 0 saturated carbocycles. The van der Waals surface area contributed by atoms with Crippen LogP contribution in [0.5, 0.6) is 0 Å². The Morgan fingerprint density at radius 2 is 2.32 bits per heavy atom. The van der Waals surface area contributed by atoms with Crippen molar-refractivity contribution in [2.75, 3.05) is 6.61 Å². The zero-order valence-electron chi connectivity index (χ0n) is 11.8. The standard InChI is InChI=1S/C15H15N3O4/c19-11(8-21-9-12-2-1-5-22-12)7-18-10-17-14-6-16-4-3-13(14)15(18)20/h1-6,10-11,19H,7-9H2/t11-/m1/s1. The van der Waals surface area contributed by atoms with Crippen LogP contribution in [0, 0.1) is 0 Å². The van der Waals surface area contributed by atoms with Gasteiger partial charge >= 0.3 is 0 Å². The van der Waals surface area contributed by atoms with Crippen molar-refractivity contribution in [3.63, 3.8) is 0 Å². The number of furan rings is 1. The molecule has 0 aliphatic rings. The monoisotopic (exact) mass is 301 g/mol. The van der Waals surface area contributed by atoms with Crippen molar-refractivity contribution in [1.29, 1.82) is 0 Å². The van der Waals surface area contributed by atoms with Gasteiger partial charge in [0.1, 0.15) is 12.4 Å². The van der Waals surface area contributed by atoms with Gasteiger partial charge < -0.3 is 14.3 Å². The van der Waals surface area contributed by atoms with Crippen molar-refractivity contribution < 1.29 is 14.3 Å². The van der Waals surface area contributed by atoms with E-state index in [1.165, 1.54) is 17.1 Å². The topological polar surface area (TPSA) is 90.4 Å². The minimum absolute atomic E-state index is 0.0987. The second-order valence-corrected chi connectivity index (χ2v) is 4.84. The molecule has 0 bridgehead atoms. The molecule has 3 aromatic heterocycles. The molecule has 0 saturated heterocycles. The van der Waals surface area contributed by atoms with Crippen molar-refractivity contribution in [2.45, 2.75) is 19.3 Å². The summed E-state index contributed by atoms with van der Waals surface area (Å²) in [6.45, 7) is 0.490. The van der Waals surface area contributed by atoms with Gasteiger partial charge in [0.2, 0.25) is 0 Å². The maximum atomic E-state index is 12.3.